The van der Waals surface area contributed by atoms with Crippen LogP contribution >= 0.6 is 0 Å². The molecule has 1 aliphatic carbocycles. The molecule has 0 bridgehead atoms. The van der Waals surface area contributed by atoms with Gasteiger partial charge in [-0.15, -0.1) is 0 Å². The second-order valence-corrected chi connectivity index (χ2v) is 5.10. The molecule has 1 aromatic rings. The van der Waals surface area contributed by atoms with Gasteiger partial charge in [0.15, 0.2) is 0 Å². The molecule has 18 heavy (non-hydrogen) atoms. The van der Waals surface area contributed by atoms with Crippen molar-refractivity contribution in [2.45, 2.75) is 38.0 Å². The van der Waals surface area contributed by atoms with Gasteiger partial charge in [0, 0.05) is 6.42 Å². The van der Waals surface area contributed by atoms with Crippen molar-refractivity contribution in [1.82, 2.24) is 0 Å². The smallest absolute Gasteiger partial charge is 0.303 e. The molecule has 1 N–H and O–H groups in total. The summed E-state index contributed by atoms with van der Waals surface area (Å²) in [6, 6.07) is 8.17. The van der Waals surface area contributed by atoms with Crippen LogP contribution in [-0.2, 0) is 4.79 Å². The summed E-state index contributed by atoms with van der Waals surface area (Å²) in [4.78, 5) is 10.8. The summed E-state index contributed by atoms with van der Waals surface area (Å²) < 4.78 is 5.15. The standard InChI is InChI=1S/C15H20O3/c1-18-14-7-5-12(6-8-14)13-4-2-3-11(9-13)10-15(16)17/h5-8,11,13H,2-4,9-10H2,1H3,(H,16,17)/t11-,13+/m0/s1. The Morgan fingerprint density at radius 3 is 2.67 bits per heavy atom. The van der Waals surface area contributed by atoms with Crippen molar-refractivity contribution in [3.63, 3.8) is 0 Å². The lowest BCUT2D eigenvalue weighted by atomic mass is 9.77. The minimum Gasteiger partial charge on any atom is -0.497 e. The Bertz CT molecular complexity index is 397. The number of carboxylic acids is 1. The molecule has 0 aliphatic heterocycles. The third kappa shape index (κ3) is 3.25. The first-order valence-corrected chi connectivity index (χ1v) is 6.54. The normalized spacial score (nSPS) is 23.6. The van der Waals surface area contributed by atoms with E-state index in [1.807, 2.05) is 12.1 Å². The largest absolute Gasteiger partial charge is 0.497 e. The molecule has 98 valence electrons. The van der Waals surface area contributed by atoms with Crippen LogP contribution < -0.4 is 4.74 Å². The van der Waals surface area contributed by atoms with Gasteiger partial charge in [0.25, 0.3) is 0 Å². The van der Waals surface area contributed by atoms with Crippen molar-refractivity contribution in [2.24, 2.45) is 5.92 Å². The van der Waals surface area contributed by atoms with Crippen LogP contribution in [-0.4, -0.2) is 18.2 Å². The van der Waals surface area contributed by atoms with Crippen molar-refractivity contribution in [1.29, 1.82) is 0 Å². The third-order valence-electron chi connectivity index (χ3n) is 3.83. The van der Waals surface area contributed by atoms with Crippen molar-refractivity contribution in [2.75, 3.05) is 7.11 Å². The molecule has 0 saturated heterocycles. The number of aliphatic carboxylic acids is 1. The van der Waals surface area contributed by atoms with E-state index < -0.39 is 5.97 Å². The predicted molar refractivity (Wildman–Crippen MR) is 69.9 cm³/mol. The molecule has 1 fully saturated rings. The fraction of sp³-hybridized carbons (Fsp3) is 0.533. The van der Waals surface area contributed by atoms with E-state index in [0.717, 1.165) is 25.0 Å². The zero-order valence-electron chi connectivity index (χ0n) is 10.8. The van der Waals surface area contributed by atoms with Gasteiger partial charge in [-0.25, -0.2) is 0 Å². The average molecular weight is 248 g/mol. The summed E-state index contributed by atoms with van der Waals surface area (Å²) in [5.74, 6) is 1.05. The van der Waals surface area contributed by atoms with E-state index in [9.17, 15) is 4.79 Å². The molecule has 1 aliphatic rings. The molecule has 0 spiro atoms. The Hall–Kier alpha value is -1.51. The van der Waals surface area contributed by atoms with Gasteiger partial charge in [-0.3, -0.25) is 4.79 Å². The summed E-state index contributed by atoms with van der Waals surface area (Å²) in [7, 11) is 1.67. The lowest BCUT2D eigenvalue weighted by molar-refractivity contribution is -0.138. The van der Waals surface area contributed by atoms with Gasteiger partial charge in [0.2, 0.25) is 0 Å². The van der Waals surface area contributed by atoms with Crippen LogP contribution in [0.4, 0.5) is 0 Å². The van der Waals surface area contributed by atoms with E-state index in [1.54, 1.807) is 7.11 Å². The highest BCUT2D eigenvalue weighted by Gasteiger charge is 2.24. The Balaban J connectivity index is 2.01. The molecule has 1 aromatic carbocycles. The number of methoxy groups -OCH3 is 1. The maximum absolute atomic E-state index is 10.8. The first-order valence-electron chi connectivity index (χ1n) is 6.54. The second-order valence-electron chi connectivity index (χ2n) is 5.10. The first kappa shape index (κ1) is 12.9. The maximum Gasteiger partial charge on any atom is 0.303 e. The van der Waals surface area contributed by atoms with E-state index in [4.69, 9.17) is 9.84 Å². The van der Waals surface area contributed by atoms with Crippen LogP contribution in [0.5, 0.6) is 5.75 Å². The van der Waals surface area contributed by atoms with Crippen molar-refractivity contribution >= 4 is 5.97 Å². The lowest BCUT2D eigenvalue weighted by Gasteiger charge is -2.28. The Labute approximate surface area is 108 Å². The Morgan fingerprint density at radius 2 is 2.06 bits per heavy atom. The predicted octanol–water partition coefficient (Wildman–Crippen LogP) is 3.44. The Kier molecular flexibility index (Phi) is 4.24. The van der Waals surface area contributed by atoms with Gasteiger partial charge < -0.3 is 9.84 Å². The molecule has 0 aromatic heterocycles. The minimum absolute atomic E-state index is 0.312. The molecule has 0 radical (unpaired) electrons. The van der Waals surface area contributed by atoms with Crippen LogP contribution in [0.2, 0.25) is 0 Å². The second kappa shape index (κ2) is 5.89. The topological polar surface area (TPSA) is 46.5 Å². The molecule has 2 rings (SSSR count). The molecule has 3 nitrogen and oxygen atoms in total. The molecule has 3 heteroatoms. The van der Waals surface area contributed by atoms with Gasteiger partial charge in [-0.1, -0.05) is 18.6 Å². The zero-order valence-corrected chi connectivity index (χ0v) is 10.8. The van der Waals surface area contributed by atoms with E-state index in [1.165, 1.54) is 12.0 Å². The average Bonchev–Trinajstić information content (AvgIpc) is 2.38. The first-order chi connectivity index (χ1) is 8.69. The van der Waals surface area contributed by atoms with Gasteiger partial charge >= 0.3 is 5.97 Å². The molecule has 0 unspecified atom stereocenters. The number of hydrogen-bond acceptors (Lipinski definition) is 2. The van der Waals surface area contributed by atoms with E-state index in [2.05, 4.69) is 12.1 Å². The molecular formula is C15H20O3. The fourth-order valence-electron chi connectivity index (χ4n) is 2.90. The Morgan fingerprint density at radius 1 is 1.33 bits per heavy atom. The van der Waals surface area contributed by atoms with Crippen LogP contribution in [0, 0.1) is 5.92 Å². The van der Waals surface area contributed by atoms with E-state index in [-0.39, 0.29) is 0 Å². The van der Waals surface area contributed by atoms with E-state index in [0.29, 0.717) is 18.3 Å². The monoisotopic (exact) mass is 248 g/mol. The quantitative estimate of drug-likeness (QED) is 0.887. The van der Waals surface area contributed by atoms with Crippen LogP contribution in [0.3, 0.4) is 0 Å². The lowest BCUT2D eigenvalue weighted by Crippen LogP contribution is -2.17. The van der Waals surface area contributed by atoms with Gasteiger partial charge in [0.1, 0.15) is 5.75 Å². The summed E-state index contributed by atoms with van der Waals surface area (Å²) in [6.45, 7) is 0. The van der Waals surface area contributed by atoms with Crippen LogP contribution in [0.1, 0.15) is 43.6 Å². The van der Waals surface area contributed by atoms with Crippen LogP contribution in [0.25, 0.3) is 0 Å². The minimum atomic E-state index is -0.671. The van der Waals surface area contributed by atoms with Gasteiger partial charge in [-0.05, 0) is 48.8 Å². The van der Waals surface area contributed by atoms with Gasteiger partial charge in [-0.2, -0.15) is 0 Å². The highest BCUT2D eigenvalue weighted by molar-refractivity contribution is 5.67. The van der Waals surface area contributed by atoms with Crippen molar-refractivity contribution in [3.8, 4) is 5.75 Å². The zero-order chi connectivity index (χ0) is 13.0. The number of carboxylic acid groups (broad SMARTS) is 1. The summed E-state index contributed by atoms with van der Waals surface area (Å²) in [5, 5.41) is 8.87. The SMILES string of the molecule is COc1ccc([C@@H]2CCC[C@H](CC(=O)O)C2)cc1. The maximum atomic E-state index is 10.8. The molecule has 0 amide bonds. The van der Waals surface area contributed by atoms with Crippen molar-refractivity contribution < 1.29 is 14.6 Å². The number of carbonyl (C=O) groups is 1. The molecule has 0 heterocycles. The highest BCUT2D eigenvalue weighted by atomic mass is 16.5. The summed E-state index contributed by atoms with van der Waals surface area (Å²) in [6.07, 6.45) is 4.67. The molecular weight excluding hydrogens is 228 g/mol. The summed E-state index contributed by atoms with van der Waals surface area (Å²) >= 11 is 0. The fourth-order valence-corrected chi connectivity index (χ4v) is 2.90. The van der Waals surface area contributed by atoms with Crippen molar-refractivity contribution in [3.05, 3.63) is 29.8 Å². The van der Waals surface area contributed by atoms with Crippen LogP contribution in [0.15, 0.2) is 24.3 Å². The van der Waals surface area contributed by atoms with E-state index >= 15 is 0 Å². The number of rotatable bonds is 4. The molecule has 1 saturated carbocycles. The number of hydrogen-bond donors (Lipinski definition) is 1. The van der Waals surface area contributed by atoms with Gasteiger partial charge in [0.05, 0.1) is 7.11 Å². The number of ether oxygens (including phenoxy) is 1. The highest BCUT2D eigenvalue weighted by Crippen LogP contribution is 2.37. The molecule has 2 atom stereocenters. The third-order valence-corrected chi connectivity index (χ3v) is 3.83. The summed E-state index contributed by atoms with van der Waals surface area (Å²) in [5.41, 5.74) is 1.31. The number of benzene rings is 1.